The number of para-hydroxylation sites is 2. The van der Waals surface area contributed by atoms with E-state index < -0.39 is 0 Å². The summed E-state index contributed by atoms with van der Waals surface area (Å²) in [5.41, 5.74) is 3.61. The first-order valence-electron chi connectivity index (χ1n) is 10.0. The minimum atomic E-state index is 0.731. The molecule has 5 heteroatoms. The first kappa shape index (κ1) is 17.0. The lowest BCUT2D eigenvalue weighted by Gasteiger charge is -2.36. The quantitative estimate of drug-likeness (QED) is 0.690. The maximum atomic E-state index is 6.15. The van der Waals surface area contributed by atoms with Crippen molar-refractivity contribution in [3.63, 3.8) is 0 Å². The van der Waals surface area contributed by atoms with Gasteiger partial charge >= 0.3 is 0 Å². The van der Waals surface area contributed by atoms with Crippen LogP contribution >= 0.6 is 0 Å². The molecule has 142 valence electrons. The smallest absolute Gasteiger partial charge is 0.229 e. The Morgan fingerprint density at radius 3 is 2.14 bits per heavy atom. The van der Waals surface area contributed by atoms with Gasteiger partial charge in [0.15, 0.2) is 0 Å². The molecule has 5 nitrogen and oxygen atoms in total. The Balaban J connectivity index is 1.36. The Morgan fingerprint density at radius 1 is 0.714 bits per heavy atom. The SMILES string of the molecule is c1ccc(Oc2nc(N3CCN(c4ccccc4)CC3)nc3c2CCC3)cc1. The third kappa shape index (κ3) is 3.40. The summed E-state index contributed by atoms with van der Waals surface area (Å²) >= 11 is 0. The summed E-state index contributed by atoms with van der Waals surface area (Å²) < 4.78 is 6.15. The molecule has 0 saturated carbocycles. The molecule has 2 heterocycles. The molecule has 3 aromatic rings. The van der Waals surface area contributed by atoms with E-state index in [0.29, 0.717) is 0 Å². The molecule has 0 atom stereocenters. The highest BCUT2D eigenvalue weighted by Crippen LogP contribution is 2.33. The van der Waals surface area contributed by atoms with Crippen molar-refractivity contribution in [2.24, 2.45) is 0 Å². The van der Waals surface area contributed by atoms with E-state index in [1.54, 1.807) is 0 Å². The Kier molecular flexibility index (Phi) is 4.57. The third-order valence-electron chi connectivity index (χ3n) is 5.52. The van der Waals surface area contributed by atoms with Gasteiger partial charge in [0.1, 0.15) is 5.75 Å². The number of hydrogen-bond acceptors (Lipinski definition) is 5. The van der Waals surface area contributed by atoms with Crippen molar-refractivity contribution in [1.29, 1.82) is 0 Å². The minimum Gasteiger partial charge on any atom is -0.439 e. The molecule has 1 aromatic heterocycles. The summed E-state index contributed by atoms with van der Waals surface area (Å²) in [5, 5.41) is 0. The number of ether oxygens (including phenoxy) is 1. The average molecular weight is 372 g/mol. The molecular weight excluding hydrogens is 348 g/mol. The van der Waals surface area contributed by atoms with Crippen molar-refractivity contribution >= 4 is 11.6 Å². The molecule has 1 fully saturated rings. The topological polar surface area (TPSA) is 41.5 Å². The first-order chi connectivity index (χ1) is 13.9. The van der Waals surface area contributed by atoms with Crippen molar-refractivity contribution < 1.29 is 4.74 Å². The van der Waals surface area contributed by atoms with Crippen molar-refractivity contribution in [1.82, 2.24) is 9.97 Å². The second-order valence-electron chi connectivity index (χ2n) is 7.33. The zero-order valence-electron chi connectivity index (χ0n) is 15.9. The molecule has 0 spiro atoms. The number of fused-ring (bicyclic) bond motifs is 1. The summed E-state index contributed by atoms with van der Waals surface area (Å²) in [6.45, 7) is 3.77. The van der Waals surface area contributed by atoms with Crippen molar-refractivity contribution in [2.75, 3.05) is 36.0 Å². The van der Waals surface area contributed by atoms with E-state index in [1.165, 1.54) is 11.3 Å². The molecule has 1 aliphatic heterocycles. The van der Waals surface area contributed by atoms with E-state index >= 15 is 0 Å². The number of aryl methyl sites for hydroxylation is 1. The van der Waals surface area contributed by atoms with Crippen LogP contribution in [0, 0.1) is 0 Å². The fourth-order valence-electron chi connectivity index (χ4n) is 4.02. The zero-order chi connectivity index (χ0) is 18.8. The molecule has 1 saturated heterocycles. The van der Waals surface area contributed by atoms with Gasteiger partial charge in [0, 0.05) is 37.4 Å². The van der Waals surface area contributed by atoms with Gasteiger partial charge < -0.3 is 14.5 Å². The Labute approximate surface area is 165 Å². The number of nitrogens with zero attached hydrogens (tertiary/aromatic N) is 4. The van der Waals surface area contributed by atoms with Gasteiger partial charge in [0.2, 0.25) is 11.8 Å². The van der Waals surface area contributed by atoms with Gasteiger partial charge in [-0.1, -0.05) is 36.4 Å². The van der Waals surface area contributed by atoms with Gasteiger partial charge in [0.25, 0.3) is 0 Å². The maximum Gasteiger partial charge on any atom is 0.229 e. The van der Waals surface area contributed by atoms with Gasteiger partial charge in [-0.05, 0) is 43.5 Å². The van der Waals surface area contributed by atoms with Gasteiger partial charge in [0.05, 0.1) is 5.69 Å². The van der Waals surface area contributed by atoms with Crippen molar-refractivity contribution in [3.8, 4) is 11.6 Å². The van der Waals surface area contributed by atoms with Crippen molar-refractivity contribution in [2.45, 2.75) is 19.3 Å². The summed E-state index contributed by atoms with van der Waals surface area (Å²) in [5.74, 6) is 2.36. The zero-order valence-corrected chi connectivity index (χ0v) is 15.9. The highest BCUT2D eigenvalue weighted by molar-refractivity contribution is 5.49. The predicted octanol–water partition coefficient (Wildman–Crippen LogP) is 4.08. The Hall–Kier alpha value is -3.08. The van der Waals surface area contributed by atoms with Crippen LogP contribution in [0.3, 0.4) is 0 Å². The van der Waals surface area contributed by atoms with Crippen LogP contribution in [0.2, 0.25) is 0 Å². The molecule has 0 unspecified atom stereocenters. The molecule has 2 aromatic carbocycles. The number of anilines is 2. The van der Waals surface area contributed by atoms with Gasteiger partial charge in [-0.15, -0.1) is 0 Å². The Morgan fingerprint density at radius 2 is 1.39 bits per heavy atom. The second kappa shape index (κ2) is 7.50. The largest absolute Gasteiger partial charge is 0.439 e. The lowest BCUT2D eigenvalue weighted by Crippen LogP contribution is -2.47. The van der Waals surface area contributed by atoms with Gasteiger partial charge in [-0.2, -0.15) is 4.98 Å². The van der Waals surface area contributed by atoms with Crippen LogP contribution in [0.25, 0.3) is 0 Å². The number of aromatic nitrogens is 2. The number of hydrogen-bond donors (Lipinski definition) is 0. The average Bonchev–Trinajstić information content (AvgIpc) is 3.24. The summed E-state index contributed by atoms with van der Waals surface area (Å²) in [6, 6.07) is 20.5. The molecule has 0 radical (unpaired) electrons. The first-order valence-corrected chi connectivity index (χ1v) is 10.0. The molecule has 1 aliphatic carbocycles. The van der Waals surface area contributed by atoms with E-state index in [-0.39, 0.29) is 0 Å². The summed E-state index contributed by atoms with van der Waals surface area (Å²) in [4.78, 5) is 14.4. The van der Waals surface area contributed by atoms with Crippen LogP contribution < -0.4 is 14.5 Å². The van der Waals surface area contributed by atoms with E-state index in [1.807, 2.05) is 30.3 Å². The standard InChI is InChI=1S/C23H24N4O/c1-3-8-18(9-4-1)26-14-16-27(17-15-26)23-24-21-13-7-12-20(21)22(25-23)28-19-10-5-2-6-11-19/h1-6,8-11H,7,12-17H2. The Bertz CT molecular complexity index is 938. The lowest BCUT2D eigenvalue weighted by atomic mass is 10.2. The lowest BCUT2D eigenvalue weighted by molar-refractivity contribution is 0.454. The van der Waals surface area contributed by atoms with E-state index in [4.69, 9.17) is 14.7 Å². The van der Waals surface area contributed by atoms with Crippen LogP contribution in [0.5, 0.6) is 11.6 Å². The number of piperazine rings is 1. The monoisotopic (exact) mass is 372 g/mol. The second-order valence-corrected chi connectivity index (χ2v) is 7.33. The van der Waals surface area contributed by atoms with Crippen molar-refractivity contribution in [3.05, 3.63) is 71.9 Å². The highest BCUT2D eigenvalue weighted by Gasteiger charge is 2.25. The molecule has 0 bridgehead atoms. The van der Waals surface area contributed by atoms with E-state index in [9.17, 15) is 0 Å². The van der Waals surface area contributed by atoms with Crippen LogP contribution in [0.15, 0.2) is 60.7 Å². The molecule has 5 rings (SSSR count). The highest BCUT2D eigenvalue weighted by atomic mass is 16.5. The fourth-order valence-corrected chi connectivity index (χ4v) is 4.02. The minimum absolute atomic E-state index is 0.731. The predicted molar refractivity (Wildman–Crippen MR) is 111 cm³/mol. The molecule has 28 heavy (non-hydrogen) atoms. The summed E-state index contributed by atoms with van der Waals surface area (Å²) in [6.07, 6.45) is 3.14. The molecule has 0 amide bonds. The van der Waals surface area contributed by atoms with E-state index in [2.05, 4.69) is 40.1 Å². The van der Waals surface area contributed by atoms with Crippen LogP contribution in [0.4, 0.5) is 11.6 Å². The van der Waals surface area contributed by atoms with Crippen LogP contribution in [-0.2, 0) is 12.8 Å². The van der Waals surface area contributed by atoms with Crippen LogP contribution in [-0.4, -0.2) is 36.1 Å². The van der Waals surface area contributed by atoms with Gasteiger partial charge in [-0.25, -0.2) is 4.98 Å². The van der Waals surface area contributed by atoms with Gasteiger partial charge in [-0.3, -0.25) is 0 Å². The normalized spacial score (nSPS) is 16.1. The summed E-state index contributed by atoms with van der Waals surface area (Å²) in [7, 11) is 0. The maximum absolute atomic E-state index is 6.15. The third-order valence-corrected chi connectivity index (χ3v) is 5.52. The van der Waals surface area contributed by atoms with Crippen LogP contribution in [0.1, 0.15) is 17.7 Å². The number of rotatable bonds is 4. The molecule has 0 N–H and O–H groups in total. The van der Waals surface area contributed by atoms with E-state index in [0.717, 1.165) is 68.7 Å². The fraction of sp³-hybridized carbons (Fsp3) is 0.304. The number of benzene rings is 2. The molecular formula is C23H24N4O. The molecule has 2 aliphatic rings.